The van der Waals surface area contributed by atoms with Crippen LogP contribution in [0.4, 0.5) is 0 Å². The number of nitrogens with zero attached hydrogens (tertiary/aromatic N) is 4. The number of rotatable bonds is 7. The van der Waals surface area contributed by atoms with Crippen molar-refractivity contribution >= 4 is 17.5 Å². The summed E-state index contributed by atoms with van der Waals surface area (Å²) in [7, 11) is 0. The van der Waals surface area contributed by atoms with E-state index in [2.05, 4.69) is 19.2 Å². The van der Waals surface area contributed by atoms with Crippen LogP contribution in [0.2, 0.25) is 0 Å². The van der Waals surface area contributed by atoms with Crippen molar-refractivity contribution in [1.29, 1.82) is 0 Å². The monoisotopic (exact) mass is 439 g/mol. The molecular weight excluding hydrogens is 402 g/mol. The first kappa shape index (κ1) is 22.7. The molecule has 0 spiro atoms. The van der Waals surface area contributed by atoms with E-state index >= 15 is 0 Å². The Balaban J connectivity index is 1.52. The lowest BCUT2D eigenvalue weighted by Crippen LogP contribution is -2.34. The van der Waals surface area contributed by atoms with E-state index in [0.717, 1.165) is 66.9 Å². The van der Waals surface area contributed by atoms with Crippen molar-refractivity contribution in [2.24, 2.45) is 5.92 Å². The van der Waals surface area contributed by atoms with E-state index in [9.17, 15) is 9.59 Å². The summed E-state index contributed by atoms with van der Waals surface area (Å²) < 4.78 is 1.90. The molecule has 0 bridgehead atoms. The van der Waals surface area contributed by atoms with Crippen molar-refractivity contribution in [3.8, 4) is 0 Å². The Morgan fingerprint density at radius 2 is 1.94 bits per heavy atom. The lowest BCUT2D eigenvalue weighted by molar-refractivity contribution is -0.136. The zero-order chi connectivity index (χ0) is 22.8. The first-order valence-electron chi connectivity index (χ1n) is 12.3. The fourth-order valence-corrected chi connectivity index (χ4v) is 5.27. The first-order chi connectivity index (χ1) is 15.4. The van der Waals surface area contributed by atoms with Gasteiger partial charge in [0.1, 0.15) is 0 Å². The van der Waals surface area contributed by atoms with Gasteiger partial charge in [-0.2, -0.15) is 5.10 Å². The van der Waals surface area contributed by atoms with Crippen LogP contribution in [-0.4, -0.2) is 43.9 Å². The van der Waals surface area contributed by atoms with Crippen LogP contribution in [0, 0.1) is 19.8 Å². The summed E-state index contributed by atoms with van der Waals surface area (Å²) in [5.74, 6) is 0.390. The summed E-state index contributed by atoms with van der Waals surface area (Å²) in [6.07, 6.45) is 8.57. The number of fused-ring (bicyclic) bond motifs is 1. The molecule has 2 fully saturated rings. The fourth-order valence-electron chi connectivity index (χ4n) is 5.27. The van der Waals surface area contributed by atoms with Gasteiger partial charge in [-0.15, -0.1) is 0 Å². The molecule has 4 rings (SSSR count). The molecular formula is C25H37N5O2. The van der Waals surface area contributed by atoms with Crippen molar-refractivity contribution in [3.05, 3.63) is 28.7 Å². The molecule has 0 aromatic carbocycles. The Bertz CT molecular complexity index is 992. The average molecular weight is 440 g/mol. The van der Waals surface area contributed by atoms with Crippen molar-refractivity contribution in [2.75, 3.05) is 6.54 Å². The number of aryl methyl sites for hydroxylation is 2. The van der Waals surface area contributed by atoms with Crippen LogP contribution in [0.25, 0.3) is 5.65 Å². The van der Waals surface area contributed by atoms with Crippen molar-refractivity contribution in [3.63, 3.8) is 0 Å². The molecule has 2 atom stereocenters. The minimum Gasteiger partial charge on any atom is -0.353 e. The van der Waals surface area contributed by atoms with Crippen LogP contribution < -0.4 is 5.32 Å². The summed E-state index contributed by atoms with van der Waals surface area (Å²) in [5.41, 5.74) is 4.81. The molecule has 2 aromatic rings. The highest BCUT2D eigenvalue weighted by Gasteiger charge is 2.33. The number of amides is 2. The summed E-state index contributed by atoms with van der Waals surface area (Å²) in [4.78, 5) is 32.1. The lowest BCUT2D eigenvalue weighted by atomic mass is 10.1. The molecule has 1 saturated carbocycles. The van der Waals surface area contributed by atoms with E-state index in [4.69, 9.17) is 10.1 Å². The molecule has 0 radical (unpaired) electrons. The van der Waals surface area contributed by atoms with Crippen LogP contribution in [0.3, 0.4) is 0 Å². The minimum absolute atomic E-state index is 0.0264. The number of hydrogen-bond acceptors (Lipinski definition) is 4. The highest BCUT2D eigenvalue weighted by Crippen LogP contribution is 2.33. The second kappa shape index (κ2) is 9.59. The van der Waals surface area contributed by atoms with Crippen LogP contribution >= 0.6 is 0 Å². The molecule has 1 saturated heterocycles. The Morgan fingerprint density at radius 3 is 2.66 bits per heavy atom. The molecule has 1 N–H and O–H groups in total. The molecule has 7 heteroatoms. The van der Waals surface area contributed by atoms with Gasteiger partial charge in [-0.25, -0.2) is 9.50 Å². The Kier molecular flexibility index (Phi) is 6.82. The average Bonchev–Trinajstić information content (AvgIpc) is 3.52. The third kappa shape index (κ3) is 4.52. The number of carbonyl (C=O) groups is 2. The molecule has 32 heavy (non-hydrogen) atoms. The number of aromatic nitrogens is 3. The van der Waals surface area contributed by atoms with Gasteiger partial charge in [0.25, 0.3) is 0 Å². The van der Waals surface area contributed by atoms with Gasteiger partial charge >= 0.3 is 0 Å². The minimum atomic E-state index is 0.0264. The first-order valence-corrected chi connectivity index (χ1v) is 12.3. The smallest absolute Gasteiger partial charge is 0.225 e. The normalized spacial score (nSPS) is 20.2. The topological polar surface area (TPSA) is 79.6 Å². The summed E-state index contributed by atoms with van der Waals surface area (Å²) >= 11 is 0. The SMILES string of the molecule is CC[C@H](C)C(=O)N1CCC[C@@H]1c1cc2nc(C)c(CCC(=O)NC3CCCC3)c(C)n2n1. The van der Waals surface area contributed by atoms with Gasteiger partial charge in [0.2, 0.25) is 11.8 Å². The van der Waals surface area contributed by atoms with Crippen LogP contribution in [0.1, 0.15) is 93.9 Å². The van der Waals surface area contributed by atoms with Gasteiger partial charge < -0.3 is 10.2 Å². The van der Waals surface area contributed by atoms with Crippen LogP contribution in [0.15, 0.2) is 6.07 Å². The predicted octanol–water partition coefficient (Wildman–Crippen LogP) is 4.05. The Hall–Kier alpha value is -2.44. The van der Waals surface area contributed by atoms with E-state index < -0.39 is 0 Å². The number of likely N-dealkylation sites (tertiary alicyclic amines) is 1. The number of hydrogen-bond donors (Lipinski definition) is 1. The number of nitrogens with one attached hydrogen (secondary N) is 1. The third-order valence-electron chi connectivity index (χ3n) is 7.42. The van der Waals surface area contributed by atoms with Gasteiger partial charge in [0, 0.05) is 42.4 Å². The van der Waals surface area contributed by atoms with Gasteiger partial charge in [-0.1, -0.05) is 26.7 Å². The standard InChI is InChI=1S/C25H37N5O2/c1-5-16(2)25(32)29-14-8-11-22(29)21-15-23-26-17(3)20(18(4)30(23)28-21)12-13-24(31)27-19-9-6-7-10-19/h15-16,19,22H,5-14H2,1-4H3,(H,27,31)/t16-,22+/m0/s1. The summed E-state index contributed by atoms with van der Waals surface area (Å²) in [6.45, 7) is 8.93. The molecule has 0 unspecified atom stereocenters. The van der Waals surface area contributed by atoms with E-state index in [1.165, 1.54) is 12.8 Å². The quantitative estimate of drug-likeness (QED) is 0.706. The zero-order valence-electron chi connectivity index (χ0n) is 20.0. The van der Waals surface area contributed by atoms with E-state index in [0.29, 0.717) is 18.9 Å². The van der Waals surface area contributed by atoms with E-state index in [1.54, 1.807) is 0 Å². The Morgan fingerprint density at radius 1 is 1.19 bits per heavy atom. The maximum absolute atomic E-state index is 12.9. The maximum atomic E-state index is 12.9. The van der Waals surface area contributed by atoms with E-state index in [-0.39, 0.29) is 23.8 Å². The Labute approximate surface area is 191 Å². The van der Waals surface area contributed by atoms with Crippen LogP contribution in [-0.2, 0) is 16.0 Å². The molecule has 2 aromatic heterocycles. The molecule has 174 valence electrons. The van der Waals surface area contributed by atoms with Crippen molar-refractivity contribution < 1.29 is 9.59 Å². The predicted molar refractivity (Wildman–Crippen MR) is 124 cm³/mol. The highest BCUT2D eigenvalue weighted by molar-refractivity contribution is 5.79. The highest BCUT2D eigenvalue weighted by atomic mass is 16.2. The second-order valence-corrected chi connectivity index (χ2v) is 9.65. The second-order valence-electron chi connectivity index (χ2n) is 9.65. The van der Waals surface area contributed by atoms with E-state index in [1.807, 2.05) is 29.3 Å². The largest absolute Gasteiger partial charge is 0.353 e. The lowest BCUT2D eigenvalue weighted by Gasteiger charge is -2.26. The van der Waals surface area contributed by atoms with Gasteiger partial charge in [-0.3, -0.25) is 9.59 Å². The summed E-state index contributed by atoms with van der Waals surface area (Å²) in [6, 6.07) is 2.41. The molecule has 2 aliphatic rings. The molecule has 7 nitrogen and oxygen atoms in total. The molecule has 3 heterocycles. The van der Waals surface area contributed by atoms with Crippen molar-refractivity contribution in [2.45, 2.75) is 97.6 Å². The molecule has 1 aliphatic heterocycles. The fraction of sp³-hybridized carbons (Fsp3) is 0.680. The van der Waals surface area contributed by atoms with Crippen LogP contribution in [0.5, 0.6) is 0 Å². The van der Waals surface area contributed by atoms with Crippen molar-refractivity contribution in [1.82, 2.24) is 24.8 Å². The van der Waals surface area contributed by atoms with Gasteiger partial charge in [-0.05, 0) is 57.9 Å². The molecule has 1 aliphatic carbocycles. The third-order valence-corrected chi connectivity index (χ3v) is 7.42. The molecule has 2 amide bonds. The van der Waals surface area contributed by atoms with Gasteiger partial charge in [0.15, 0.2) is 5.65 Å². The van der Waals surface area contributed by atoms with Gasteiger partial charge in [0.05, 0.1) is 11.7 Å². The maximum Gasteiger partial charge on any atom is 0.225 e. The zero-order valence-corrected chi connectivity index (χ0v) is 20.0. The summed E-state index contributed by atoms with van der Waals surface area (Å²) in [5, 5.41) is 8.06. The number of carbonyl (C=O) groups excluding carboxylic acids is 2.